The molecule has 0 saturated heterocycles. The number of fused-ring (bicyclic) bond motifs is 1. The molecule has 3 aromatic heterocycles. The Morgan fingerprint density at radius 2 is 1.94 bits per heavy atom. The third kappa shape index (κ3) is 4.67. The maximum Gasteiger partial charge on any atom is 0.177 e. The summed E-state index contributed by atoms with van der Waals surface area (Å²) in [4.78, 5) is 4.67. The molecule has 0 bridgehead atoms. The van der Waals surface area contributed by atoms with E-state index in [1.807, 2.05) is 49.8 Å². The summed E-state index contributed by atoms with van der Waals surface area (Å²) in [7, 11) is 0. The molecular formula is C23H24N8. The van der Waals surface area contributed by atoms with Crippen molar-refractivity contribution >= 4 is 17.5 Å². The minimum absolute atomic E-state index is 0.270. The summed E-state index contributed by atoms with van der Waals surface area (Å²) in [6.07, 6.45) is 6.85. The van der Waals surface area contributed by atoms with Crippen LogP contribution in [0.3, 0.4) is 0 Å². The first-order chi connectivity index (χ1) is 14.9. The van der Waals surface area contributed by atoms with Gasteiger partial charge in [0.15, 0.2) is 11.5 Å². The monoisotopic (exact) mass is 412 g/mol. The number of nitriles is 1. The van der Waals surface area contributed by atoms with E-state index in [1.165, 1.54) is 0 Å². The van der Waals surface area contributed by atoms with Gasteiger partial charge in [-0.2, -0.15) is 20.0 Å². The van der Waals surface area contributed by atoms with Crippen molar-refractivity contribution in [2.24, 2.45) is 4.99 Å². The molecule has 0 aliphatic carbocycles. The molecule has 0 atom stereocenters. The maximum absolute atomic E-state index is 8.73. The SMILES string of the molecule is Cc1ccc2nnc(Cc3ccc(/N=C\C(C)(C)c4cnn(CCC#N)c4)cc3)n2n1. The van der Waals surface area contributed by atoms with Crippen LogP contribution in [0.25, 0.3) is 5.65 Å². The number of hydrogen-bond donors (Lipinski definition) is 0. The smallest absolute Gasteiger partial charge is 0.177 e. The Kier molecular flexibility index (Phi) is 5.58. The number of rotatable bonds is 7. The van der Waals surface area contributed by atoms with Crippen LogP contribution in [-0.2, 0) is 18.4 Å². The summed E-state index contributed by atoms with van der Waals surface area (Å²) < 4.78 is 3.59. The third-order valence-corrected chi connectivity index (χ3v) is 5.13. The van der Waals surface area contributed by atoms with Crippen molar-refractivity contribution in [2.45, 2.75) is 45.6 Å². The van der Waals surface area contributed by atoms with E-state index >= 15 is 0 Å². The Morgan fingerprint density at radius 3 is 2.71 bits per heavy atom. The van der Waals surface area contributed by atoms with Crippen LogP contribution in [0.4, 0.5) is 5.69 Å². The summed E-state index contributed by atoms with van der Waals surface area (Å²) in [5.41, 5.74) is 4.47. The second-order valence-corrected chi connectivity index (χ2v) is 8.08. The summed E-state index contributed by atoms with van der Waals surface area (Å²) in [5, 5.41) is 26.0. The summed E-state index contributed by atoms with van der Waals surface area (Å²) in [5.74, 6) is 0.810. The van der Waals surface area contributed by atoms with Crippen LogP contribution < -0.4 is 0 Å². The Hall–Kier alpha value is -3.86. The highest BCUT2D eigenvalue weighted by Gasteiger charge is 2.20. The molecular weight excluding hydrogens is 388 g/mol. The zero-order valence-electron chi connectivity index (χ0n) is 17.9. The van der Waals surface area contributed by atoms with Crippen LogP contribution in [0.1, 0.15) is 42.9 Å². The fourth-order valence-corrected chi connectivity index (χ4v) is 3.21. The fourth-order valence-electron chi connectivity index (χ4n) is 3.21. The molecule has 0 aliphatic rings. The number of aliphatic imine (C=N–C) groups is 1. The van der Waals surface area contributed by atoms with Gasteiger partial charge in [0.2, 0.25) is 0 Å². The van der Waals surface area contributed by atoms with Gasteiger partial charge >= 0.3 is 0 Å². The van der Waals surface area contributed by atoms with E-state index < -0.39 is 0 Å². The zero-order chi connectivity index (χ0) is 21.8. The van der Waals surface area contributed by atoms with Gasteiger partial charge in [-0.05, 0) is 36.8 Å². The molecule has 3 heterocycles. The lowest BCUT2D eigenvalue weighted by atomic mass is 9.88. The van der Waals surface area contributed by atoms with Crippen LogP contribution in [0.2, 0.25) is 0 Å². The first-order valence-corrected chi connectivity index (χ1v) is 10.2. The Balaban J connectivity index is 1.45. The molecule has 4 aromatic rings. The average molecular weight is 413 g/mol. The first-order valence-electron chi connectivity index (χ1n) is 10.2. The molecule has 0 amide bonds. The highest BCUT2D eigenvalue weighted by Crippen LogP contribution is 2.23. The molecule has 0 N–H and O–H groups in total. The minimum atomic E-state index is -0.270. The topological polar surface area (TPSA) is 97.0 Å². The highest BCUT2D eigenvalue weighted by atomic mass is 15.4. The van der Waals surface area contributed by atoms with Crippen molar-refractivity contribution in [3.63, 3.8) is 0 Å². The molecule has 0 fully saturated rings. The molecule has 0 saturated carbocycles. The highest BCUT2D eigenvalue weighted by molar-refractivity contribution is 5.75. The van der Waals surface area contributed by atoms with Crippen LogP contribution in [0.5, 0.6) is 0 Å². The zero-order valence-corrected chi connectivity index (χ0v) is 17.9. The lowest BCUT2D eigenvalue weighted by molar-refractivity contribution is 0.625. The molecule has 8 nitrogen and oxygen atoms in total. The lowest BCUT2D eigenvalue weighted by Gasteiger charge is -2.17. The Bertz CT molecular complexity index is 1250. The number of benzene rings is 1. The number of hydrogen-bond acceptors (Lipinski definition) is 6. The van der Waals surface area contributed by atoms with E-state index in [0.29, 0.717) is 19.4 Å². The number of nitrogens with zero attached hydrogens (tertiary/aromatic N) is 8. The van der Waals surface area contributed by atoms with Gasteiger partial charge in [-0.3, -0.25) is 9.67 Å². The summed E-state index contributed by atoms with van der Waals surface area (Å²) in [6, 6.07) is 14.1. The summed E-state index contributed by atoms with van der Waals surface area (Å²) in [6.45, 7) is 6.75. The van der Waals surface area contributed by atoms with Crippen molar-refractivity contribution in [2.75, 3.05) is 0 Å². The molecule has 0 radical (unpaired) electrons. The van der Waals surface area contributed by atoms with Crippen LogP contribution in [0, 0.1) is 18.3 Å². The molecule has 31 heavy (non-hydrogen) atoms. The van der Waals surface area contributed by atoms with E-state index in [0.717, 1.165) is 34.0 Å². The molecule has 0 spiro atoms. The molecule has 1 aromatic carbocycles. The van der Waals surface area contributed by atoms with Crippen LogP contribution in [-0.4, -0.2) is 35.8 Å². The van der Waals surface area contributed by atoms with Gasteiger partial charge in [-0.1, -0.05) is 26.0 Å². The van der Waals surface area contributed by atoms with E-state index in [2.05, 4.69) is 57.4 Å². The normalized spacial score (nSPS) is 11.9. The molecule has 156 valence electrons. The quantitative estimate of drug-likeness (QED) is 0.430. The number of aromatic nitrogens is 6. The first kappa shape index (κ1) is 20.4. The maximum atomic E-state index is 8.73. The van der Waals surface area contributed by atoms with Crippen LogP contribution >= 0.6 is 0 Å². The van der Waals surface area contributed by atoms with Gasteiger partial charge in [0.05, 0.1) is 36.6 Å². The van der Waals surface area contributed by atoms with Crippen molar-refractivity contribution in [3.05, 3.63) is 71.4 Å². The van der Waals surface area contributed by atoms with Gasteiger partial charge in [-0.25, -0.2) is 0 Å². The predicted molar refractivity (Wildman–Crippen MR) is 118 cm³/mol. The largest absolute Gasteiger partial charge is 0.271 e. The predicted octanol–water partition coefficient (Wildman–Crippen LogP) is 3.81. The van der Waals surface area contributed by atoms with E-state index in [-0.39, 0.29) is 5.41 Å². The molecule has 0 aliphatic heterocycles. The van der Waals surface area contributed by atoms with E-state index in [9.17, 15) is 0 Å². The average Bonchev–Trinajstić information content (AvgIpc) is 3.40. The number of aryl methyl sites for hydroxylation is 2. The van der Waals surface area contributed by atoms with Crippen molar-refractivity contribution in [1.82, 2.24) is 29.6 Å². The molecule has 0 unspecified atom stereocenters. The van der Waals surface area contributed by atoms with Gasteiger partial charge in [-0.15, -0.1) is 10.2 Å². The molecule has 4 rings (SSSR count). The van der Waals surface area contributed by atoms with Crippen LogP contribution in [0.15, 0.2) is 53.8 Å². The van der Waals surface area contributed by atoms with Gasteiger partial charge < -0.3 is 0 Å². The Labute approximate surface area is 180 Å². The Morgan fingerprint density at radius 1 is 1.13 bits per heavy atom. The van der Waals surface area contributed by atoms with Gasteiger partial charge in [0.25, 0.3) is 0 Å². The second-order valence-electron chi connectivity index (χ2n) is 8.08. The van der Waals surface area contributed by atoms with E-state index in [1.54, 1.807) is 9.20 Å². The standard InChI is InChI=1S/C23H24N8/c1-17-5-10-21-27-28-22(31(21)29-17)13-18-6-8-20(9-7-18)25-16-23(2,3)19-14-26-30(15-19)12-4-11-24/h5-10,14-16H,4,12-13H2,1-3H3/b25-16-. The van der Waals surface area contributed by atoms with Crippen molar-refractivity contribution in [1.29, 1.82) is 5.26 Å². The van der Waals surface area contributed by atoms with Gasteiger partial charge in [0.1, 0.15) is 0 Å². The fraction of sp³-hybridized carbons (Fsp3) is 0.304. The third-order valence-electron chi connectivity index (χ3n) is 5.13. The molecule has 8 heteroatoms. The van der Waals surface area contributed by atoms with E-state index in [4.69, 9.17) is 5.26 Å². The minimum Gasteiger partial charge on any atom is -0.271 e. The second kappa shape index (κ2) is 8.48. The summed E-state index contributed by atoms with van der Waals surface area (Å²) >= 11 is 0. The van der Waals surface area contributed by atoms with Gasteiger partial charge in [0, 0.05) is 29.8 Å². The van der Waals surface area contributed by atoms with Crippen molar-refractivity contribution < 1.29 is 0 Å². The van der Waals surface area contributed by atoms with Crippen molar-refractivity contribution in [3.8, 4) is 6.07 Å². The lowest BCUT2D eigenvalue weighted by Crippen LogP contribution is -2.18.